The number of rotatable bonds is 4. The number of anilines is 2. The predicted octanol–water partition coefficient (Wildman–Crippen LogP) is 1.95. The maximum Gasteiger partial charge on any atom is 0.275 e. The fourth-order valence-corrected chi connectivity index (χ4v) is 1.67. The van der Waals surface area contributed by atoms with E-state index in [-0.39, 0.29) is 11.6 Å². The number of nitrogens with zero attached hydrogens (tertiary/aromatic N) is 1. The van der Waals surface area contributed by atoms with E-state index in [1.165, 1.54) is 6.20 Å². The molecule has 19 heavy (non-hydrogen) atoms. The van der Waals surface area contributed by atoms with Crippen molar-refractivity contribution in [3.05, 3.63) is 35.7 Å². The summed E-state index contributed by atoms with van der Waals surface area (Å²) in [6.07, 6.45) is 1.40. The fourth-order valence-electron chi connectivity index (χ4n) is 1.67. The third kappa shape index (κ3) is 2.85. The van der Waals surface area contributed by atoms with Crippen LogP contribution >= 0.6 is 0 Å². The number of H-pyrrole nitrogens is 1. The molecule has 0 radical (unpaired) electrons. The lowest BCUT2D eigenvalue weighted by molar-refractivity contribution is 0.102. The number of ether oxygens (including phenoxy) is 1. The van der Waals surface area contributed by atoms with Crippen LogP contribution in [0.1, 0.15) is 23.0 Å². The Morgan fingerprint density at radius 1 is 1.53 bits per heavy atom. The predicted molar refractivity (Wildman–Crippen MR) is 73.3 cm³/mol. The Hall–Kier alpha value is -2.50. The van der Waals surface area contributed by atoms with E-state index >= 15 is 0 Å². The Bertz CT molecular complexity index is 592. The molecule has 1 heterocycles. The summed E-state index contributed by atoms with van der Waals surface area (Å²) in [4.78, 5) is 12.0. The van der Waals surface area contributed by atoms with Gasteiger partial charge >= 0.3 is 0 Å². The quantitative estimate of drug-likeness (QED) is 0.783. The first-order valence-electron chi connectivity index (χ1n) is 5.95. The van der Waals surface area contributed by atoms with Crippen LogP contribution < -0.4 is 15.8 Å². The molecule has 0 spiro atoms. The normalized spacial score (nSPS) is 10.2. The Morgan fingerprint density at radius 2 is 2.32 bits per heavy atom. The topological polar surface area (TPSA) is 93.0 Å². The van der Waals surface area contributed by atoms with Crippen LogP contribution in [0, 0.1) is 6.92 Å². The number of amides is 1. The molecule has 1 aromatic heterocycles. The second-order valence-corrected chi connectivity index (χ2v) is 4.09. The Labute approximate surface area is 111 Å². The van der Waals surface area contributed by atoms with Crippen molar-refractivity contribution in [2.75, 3.05) is 17.7 Å². The fraction of sp³-hybridized carbons (Fsp3) is 0.231. The zero-order valence-electron chi connectivity index (χ0n) is 10.9. The van der Waals surface area contributed by atoms with Crippen LogP contribution in [0.15, 0.2) is 24.4 Å². The van der Waals surface area contributed by atoms with E-state index in [0.29, 0.717) is 23.7 Å². The third-order valence-electron chi connectivity index (χ3n) is 2.58. The molecule has 0 bridgehead atoms. The number of hydrogen-bond acceptors (Lipinski definition) is 4. The number of carbonyl (C=O) groups excluding carboxylic acids is 1. The standard InChI is InChI=1S/C13H16N4O2/c1-3-19-11-6-8(2)4-5-10(11)16-13(18)12-9(14)7-15-17-12/h4-7H,3,14H2,1-2H3,(H,15,17)(H,16,18). The van der Waals surface area contributed by atoms with Crippen molar-refractivity contribution in [1.82, 2.24) is 10.2 Å². The molecule has 100 valence electrons. The van der Waals surface area contributed by atoms with Crippen LogP contribution in [-0.2, 0) is 0 Å². The number of hydrogen-bond donors (Lipinski definition) is 3. The largest absolute Gasteiger partial charge is 0.492 e. The maximum atomic E-state index is 12.0. The molecule has 0 aliphatic rings. The summed E-state index contributed by atoms with van der Waals surface area (Å²) in [5.74, 6) is 0.286. The van der Waals surface area contributed by atoms with Crippen molar-refractivity contribution >= 4 is 17.3 Å². The van der Waals surface area contributed by atoms with Gasteiger partial charge in [0.25, 0.3) is 5.91 Å². The number of carbonyl (C=O) groups is 1. The van der Waals surface area contributed by atoms with E-state index in [0.717, 1.165) is 5.56 Å². The van der Waals surface area contributed by atoms with Gasteiger partial charge in [0, 0.05) is 0 Å². The van der Waals surface area contributed by atoms with Crippen molar-refractivity contribution in [3.63, 3.8) is 0 Å². The van der Waals surface area contributed by atoms with Gasteiger partial charge in [0.05, 0.1) is 24.2 Å². The Kier molecular flexibility index (Phi) is 3.70. The number of aryl methyl sites for hydroxylation is 1. The second-order valence-electron chi connectivity index (χ2n) is 4.09. The smallest absolute Gasteiger partial charge is 0.275 e. The van der Waals surface area contributed by atoms with Gasteiger partial charge in [-0.1, -0.05) is 6.07 Å². The van der Waals surface area contributed by atoms with Crippen LogP contribution in [0.3, 0.4) is 0 Å². The van der Waals surface area contributed by atoms with Gasteiger partial charge in [-0.15, -0.1) is 0 Å². The minimum absolute atomic E-state index is 0.239. The highest BCUT2D eigenvalue weighted by Crippen LogP contribution is 2.26. The minimum atomic E-state index is -0.347. The van der Waals surface area contributed by atoms with Gasteiger partial charge in [0.15, 0.2) is 0 Å². The molecule has 1 aromatic carbocycles. The van der Waals surface area contributed by atoms with Crippen molar-refractivity contribution in [2.45, 2.75) is 13.8 Å². The number of aromatic nitrogens is 2. The summed E-state index contributed by atoms with van der Waals surface area (Å²) in [6, 6.07) is 5.56. The van der Waals surface area contributed by atoms with Gasteiger partial charge in [-0.05, 0) is 31.5 Å². The summed E-state index contributed by atoms with van der Waals surface area (Å²) in [5.41, 5.74) is 7.84. The van der Waals surface area contributed by atoms with E-state index in [1.807, 2.05) is 26.0 Å². The molecule has 0 aliphatic carbocycles. The maximum absolute atomic E-state index is 12.0. The molecule has 0 unspecified atom stereocenters. The molecule has 0 saturated heterocycles. The lowest BCUT2D eigenvalue weighted by Crippen LogP contribution is -2.15. The molecular weight excluding hydrogens is 244 g/mol. The highest BCUT2D eigenvalue weighted by Gasteiger charge is 2.14. The first kappa shape index (κ1) is 12.9. The van der Waals surface area contributed by atoms with Gasteiger partial charge in [-0.3, -0.25) is 9.89 Å². The average Bonchev–Trinajstić information content (AvgIpc) is 2.79. The van der Waals surface area contributed by atoms with Crippen LogP contribution in [0.4, 0.5) is 11.4 Å². The Balaban J connectivity index is 2.23. The summed E-state index contributed by atoms with van der Waals surface area (Å²) < 4.78 is 5.49. The van der Waals surface area contributed by atoms with E-state index in [9.17, 15) is 4.79 Å². The minimum Gasteiger partial charge on any atom is -0.492 e. The lowest BCUT2D eigenvalue weighted by Gasteiger charge is -2.12. The molecule has 4 N–H and O–H groups in total. The van der Waals surface area contributed by atoms with Crippen LogP contribution in [-0.4, -0.2) is 22.7 Å². The monoisotopic (exact) mass is 260 g/mol. The first-order valence-corrected chi connectivity index (χ1v) is 5.95. The molecule has 0 saturated carbocycles. The molecule has 0 atom stereocenters. The van der Waals surface area contributed by atoms with Crippen molar-refractivity contribution in [1.29, 1.82) is 0 Å². The van der Waals surface area contributed by atoms with Crippen LogP contribution in [0.25, 0.3) is 0 Å². The van der Waals surface area contributed by atoms with Gasteiger partial charge < -0.3 is 15.8 Å². The van der Waals surface area contributed by atoms with Crippen molar-refractivity contribution in [3.8, 4) is 5.75 Å². The third-order valence-corrected chi connectivity index (χ3v) is 2.58. The molecule has 1 amide bonds. The van der Waals surface area contributed by atoms with Crippen molar-refractivity contribution in [2.24, 2.45) is 0 Å². The summed E-state index contributed by atoms with van der Waals surface area (Å²) >= 11 is 0. The highest BCUT2D eigenvalue weighted by molar-refractivity contribution is 6.06. The van der Waals surface area contributed by atoms with Gasteiger partial charge in [-0.2, -0.15) is 5.10 Å². The van der Waals surface area contributed by atoms with E-state index in [2.05, 4.69) is 15.5 Å². The molecule has 0 aliphatic heterocycles. The van der Waals surface area contributed by atoms with E-state index in [1.54, 1.807) is 6.07 Å². The summed E-state index contributed by atoms with van der Waals surface area (Å²) in [7, 11) is 0. The summed E-state index contributed by atoms with van der Waals surface area (Å²) in [5, 5.41) is 9.03. The van der Waals surface area contributed by atoms with Crippen molar-refractivity contribution < 1.29 is 9.53 Å². The number of benzene rings is 1. The van der Waals surface area contributed by atoms with Crippen LogP contribution in [0.5, 0.6) is 5.75 Å². The summed E-state index contributed by atoms with van der Waals surface area (Å²) in [6.45, 7) is 4.38. The van der Waals surface area contributed by atoms with Gasteiger partial charge in [-0.25, -0.2) is 0 Å². The molecule has 2 rings (SSSR count). The zero-order chi connectivity index (χ0) is 13.8. The number of aromatic amines is 1. The molecule has 2 aromatic rings. The van der Waals surface area contributed by atoms with E-state index in [4.69, 9.17) is 10.5 Å². The highest BCUT2D eigenvalue weighted by atomic mass is 16.5. The second kappa shape index (κ2) is 5.43. The molecule has 0 fully saturated rings. The van der Waals surface area contributed by atoms with Gasteiger partial charge in [0.1, 0.15) is 11.4 Å². The molecule has 6 heteroatoms. The SMILES string of the molecule is CCOc1cc(C)ccc1NC(=O)c1[nH]ncc1N. The number of nitrogens with one attached hydrogen (secondary N) is 2. The Morgan fingerprint density at radius 3 is 2.95 bits per heavy atom. The molecular formula is C13H16N4O2. The average molecular weight is 260 g/mol. The van der Waals surface area contributed by atoms with E-state index < -0.39 is 0 Å². The zero-order valence-corrected chi connectivity index (χ0v) is 10.9. The number of nitrogens with two attached hydrogens (primary N) is 1. The lowest BCUT2D eigenvalue weighted by atomic mass is 10.2. The first-order chi connectivity index (χ1) is 9.11. The number of nitrogen functional groups attached to an aromatic ring is 1. The molecule has 6 nitrogen and oxygen atoms in total. The van der Waals surface area contributed by atoms with Crippen LogP contribution in [0.2, 0.25) is 0 Å². The van der Waals surface area contributed by atoms with Gasteiger partial charge in [0.2, 0.25) is 0 Å².